The molecule has 0 atom stereocenters. The van der Waals surface area contributed by atoms with Crippen LogP contribution in [0.3, 0.4) is 0 Å². The van der Waals surface area contributed by atoms with Crippen LogP contribution in [-0.2, 0) is 18.4 Å². The number of hydrogen-bond donors (Lipinski definition) is 0. The van der Waals surface area contributed by atoms with Gasteiger partial charge in [0.2, 0.25) is 0 Å². The maximum absolute atomic E-state index is 4.22. The first-order valence-corrected chi connectivity index (χ1v) is 7.27. The molecule has 0 spiro atoms. The fourth-order valence-electron chi connectivity index (χ4n) is 2.10. The monoisotopic (exact) mass is 297 g/mol. The largest absolute Gasteiger partial charge is 0.252 e. The standard InChI is InChI=1S/C15H19N7/c1-15(2,3)13-11-21(19-16-13)10-9-14-17-18-20-22(14)12-7-5-4-6-8-12/h4-8,11H,9-10H2,1-3H3. The molecule has 0 fully saturated rings. The first kappa shape index (κ1) is 14.4. The lowest BCUT2D eigenvalue weighted by atomic mass is 9.93. The zero-order valence-electron chi connectivity index (χ0n) is 13.0. The number of aryl methyl sites for hydroxylation is 2. The van der Waals surface area contributed by atoms with Crippen molar-refractivity contribution in [3.8, 4) is 5.69 Å². The van der Waals surface area contributed by atoms with Crippen molar-refractivity contribution in [1.29, 1.82) is 0 Å². The van der Waals surface area contributed by atoms with E-state index in [1.54, 1.807) is 4.68 Å². The molecule has 0 unspecified atom stereocenters. The smallest absolute Gasteiger partial charge is 0.158 e. The zero-order chi connectivity index (χ0) is 15.6. The molecule has 3 aromatic rings. The van der Waals surface area contributed by atoms with Crippen molar-refractivity contribution >= 4 is 0 Å². The molecule has 7 heteroatoms. The Balaban J connectivity index is 1.73. The molecule has 0 saturated heterocycles. The van der Waals surface area contributed by atoms with Crippen LogP contribution in [0.4, 0.5) is 0 Å². The van der Waals surface area contributed by atoms with Gasteiger partial charge in [0, 0.05) is 24.6 Å². The molecule has 114 valence electrons. The molecule has 0 bridgehead atoms. The van der Waals surface area contributed by atoms with E-state index in [1.807, 2.05) is 41.2 Å². The van der Waals surface area contributed by atoms with Crippen LogP contribution in [0.5, 0.6) is 0 Å². The van der Waals surface area contributed by atoms with E-state index in [1.165, 1.54) is 0 Å². The lowest BCUT2D eigenvalue weighted by Crippen LogP contribution is -2.11. The Bertz CT molecular complexity index is 737. The maximum Gasteiger partial charge on any atom is 0.158 e. The second-order valence-electron chi connectivity index (χ2n) is 6.21. The van der Waals surface area contributed by atoms with Crippen molar-refractivity contribution in [1.82, 2.24) is 35.2 Å². The van der Waals surface area contributed by atoms with Crippen molar-refractivity contribution in [3.63, 3.8) is 0 Å². The van der Waals surface area contributed by atoms with Crippen LogP contribution in [0.25, 0.3) is 5.69 Å². The fraction of sp³-hybridized carbons (Fsp3) is 0.400. The van der Waals surface area contributed by atoms with Crippen molar-refractivity contribution in [2.24, 2.45) is 0 Å². The number of nitrogens with zero attached hydrogens (tertiary/aromatic N) is 7. The summed E-state index contributed by atoms with van der Waals surface area (Å²) >= 11 is 0. The second-order valence-corrected chi connectivity index (χ2v) is 6.21. The molecular formula is C15H19N7. The Morgan fingerprint density at radius 1 is 1.00 bits per heavy atom. The maximum atomic E-state index is 4.22. The number of aromatic nitrogens is 7. The molecule has 7 nitrogen and oxygen atoms in total. The number of tetrazole rings is 1. The predicted molar refractivity (Wildman–Crippen MR) is 81.6 cm³/mol. The van der Waals surface area contributed by atoms with Crippen LogP contribution in [-0.4, -0.2) is 35.2 Å². The van der Waals surface area contributed by atoms with Crippen LogP contribution in [0, 0.1) is 0 Å². The number of rotatable bonds is 4. The molecule has 0 aliphatic heterocycles. The Morgan fingerprint density at radius 3 is 2.45 bits per heavy atom. The van der Waals surface area contributed by atoms with Gasteiger partial charge in [0.1, 0.15) is 0 Å². The average Bonchev–Trinajstić information content (AvgIpc) is 3.14. The third kappa shape index (κ3) is 3.03. The quantitative estimate of drug-likeness (QED) is 0.734. The van der Waals surface area contributed by atoms with E-state index < -0.39 is 0 Å². The highest BCUT2D eigenvalue weighted by Crippen LogP contribution is 2.18. The van der Waals surface area contributed by atoms with Gasteiger partial charge >= 0.3 is 0 Å². The molecule has 2 aromatic heterocycles. The molecule has 0 amide bonds. The minimum Gasteiger partial charge on any atom is -0.252 e. The van der Waals surface area contributed by atoms with Crippen molar-refractivity contribution in [2.45, 2.75) is 39.2 Å². The molecule has 22 heavy (non-hydrogen) atoms. The second kappa shape index (κ2) is 5.67. The molecule has 1 aromatic carbocycles. The fourth-order valence-corrected chi connectivity index (χ4v) is 2.10. The SMILES string of the molecule is CC(C)(C)c1cn(CCc2nnnn2-c2ccccc2)nn1. The lowest BCUT2D eigenvalue weighted by Gasteiger charge is -2.12. The van der Waals surface area contributed by atoms with Crippen LogP contribution in [0.15, 0.2) is 36.5 Å². The van der Waals surface area contributed by atoms with Gasteiger partial charge in [-0.15, -0.1) is 10.2 Å². The van der Waals surface area contributed by atoms with Gasteiger partial charge in [-0.2, -0.15) is 4.68 Å². The van der Waals surface area contributed by atoms with Gasteiger partial charge in [0.15, 0.2) is 5.82 Å². The first-order valence-electron chi connectivity index (χ1n) is 7.27. The van der Waals surface area contributed by atoms with Gasteiger partial charge in [-0.05, 0) is 22.6 Å². The molecule has 0 radical (unpaired) electrons. The van der Waals surface area contributed by atoms with Crippen molar-refractivity contribution in [3.05, 3.63) is 48.0 Å². The first-order chi connectivity index (χ1) is 10.5. The van der Waals surface area contributed by atoms with E-state index in [9.17, 15) is 0 Å². The third-order valence-electron chi connectivity index (χ3n) is 3.41. The Kier molecular flexibility index (Phi) is 3.70. The van der Waals surface area contributed by atoms with Crippen LogP contribution in [0.1, 0.15) is 32.3 Å². The van der Waals surface area contributed by atoms with Crippen molar-refractivity contribution in [2.75, 3.05) is 0 Å². The summed E-state index contributed by atoms with van der Waals surface area (Å²) in [5.41, 5.74) is 1.94. The average molecular weight is 297 g/mol. The topological polar surface area (TPSA) is 74.3 Å². The molecule has 3 rings (SSSR count). The van der Waals surface area contributed by atoms with E-state index in [-0.39, 0.29) is 5.41 Å². The summed E-state index contributed by atoms with van der Waals surface area (Å²) in [4.78, 5) is 0. The van der Waals surface area contributed by atoms with Gasteiger partial charge < -0.3 is 0 Å². The summed E-state index contributed by atoms with van der Waals surface area (Å²) in [5, 5.41) is 20.3. The summed E-state index contributed by atoms with van der Waals surface area (Å²) in [5.74, 6) is 0.805. The van der Waals surface area contributed by atoms with Gasteiger partial charge in [-0.3, -0.25) is 4.68 Å². The highest BCUT2D eigenvalue weighted by molar-refractivity contribution is 5.30. The highest BCUT2D eigenvalue weighted by Gasteiger charge is 2.18. The molecule has 0 saturated carbocycles. The third-order valence-corrected chi connectivity index (χ3v) is 3.41. The zero-order valence-corrected chi connectivity index (χ0v) is 13.0. The van der Waals surface area contributed by atoms with E-state index >= 15 is 0 Å². The Morgan fingerprint density at radius 2 is 1.77 bits per heavy atom. The van der Waals surface area contributed by atoms with Gasteiger partial charge in [-0.1, -0.05) is 44.2 Å². The molecule has 0 aliphatic carbocycles. The predicted octanol–water partition coefficient (Wildman–Crippen LogP) is 1.79. The van der Waals surface area contributed by atoms with E-state index in [2.05, 4.69) is 46.6 Å². The summed E-state index contributed by atoms with van der Waals surface area (Å²) < 4.78 is 3.59. The van der Waals surface area contributed by atoms with E-state index in [0.717, 1.165) is 17.2 Å². The van der Waals surface area contributed by atoms with Crippen LogP contribution >= 0.6 is 0 Å². The van der Waals surface area contributed by atoms with Crippen LogP contribution in [0.2, 0.25) is 0 Å². The number of benzene rings is 1. The summed E-state index contributed by atoms with van der Waals surface area (Å²) in [6.45, 7) is 7.06. The Hall–Kier alpha value is -2.57. The van der Waals surface area contributed by atoms with Crippen LogP contribution < -0.4 is 0 Å². The Labute approximate surface area is 129 Å². The number of para-hydroxylation sites is 1. The van der Waals surface area contributed by atoms with Gasteiger partial charge in [0.05, 0.1) is 11.4 Å². The normalized spacial score (nSPS) is 11.8. The minimum absolute atomic E-state index is 0.00384. The highest BCUT2D eigenvalue weighted by atomic mass is 15.5. The summed E-state index contributed by atoms with van der Waals surface area (Å²) in [6.07, 6.45) is 2.67. The molecule has 0 N–H and O–H groups in total. The summed E-state index contributed by atoms with van der Waals surface area (Å²) in [7, 11) is 0. The van der Waals surface area contributed by atoms with Gasteiger partial charge in [-0.25, -0.2) is 0 Å². The van der Waals surface area contributed by atoms with Gasteiger partial charge in [0.25, 0.3) is 0 Å². The molecule has 0 aliphatic rings. The lowest BCUT2D eigenvalue weighted by molar-refractivity contribution is 0.563. The minimum atomic E-state index is 0.00384. The van der Waals surface area contributed by atoms with E-state index in [4.69, 9.17) is 0 Å². The number of hydrogen-bond acceptors (Lipinski definition) is 5. The molecular weight excluding hydrogens is 278 g/mol. The van der Waals surface area contributed by atoms with E-state index in [0.29, 0.717) is 13.0 Å². The van der Waals surface area contributed by atoms with Crippen molar-refractivity contribution < 1.29 is 0 Å². The molecule has 2 heterocycles. The summed E-state index contributed by atoms with van der Waals surface area (Å²) in [6, 6.07) is 9.86.